The van der Waals surface area contributed by atoms with Gasteiger partial charge < -0.3 is 14.3 Å². The molecular formula is C23H30O3Si. The Morgan fingerprint density at radius 2 is 1.52 bits per heavy atom. The quantitative estimate of drug-likeness (QED) is 0.616. The summed E-state index contributed by atoms with van der Waals surface area (Å²) in [5, 5.41) is 12.1. The van der Waals surface area contributed by atoms with Crippen molar-refractivity contribution < 1.29 is 14.3 Å². The summed E-state index contributed by atoms with van der Waals surface area (Å²) in [6.07, 6.45) is 4.07. The van der Waals surface area contributed by atoms with Crippen LogP contribution in [0, 0.1) is 0 Å². The van der Waals surface area contributed by atoms with Gasteiger partial charge in [-0.05, 0) is 21.8 Å². The fourth-order valence-corrected chi connectivity index (χ4v) is 8.43. The smallest absolute Gasteiger partial charge is 0.261 e. The Balaban J connectivity index is 1.91. The molecule has 0 aliphatic carbocycles. The molecule has 144 valence electrons. The predicted molar refractivity (Wildman–Crippen MR) is 113 cm³/mol. The van der Waals surface area contributed by atoms with Gasteiger partial charge in [-0.15, -0.1) is 0 Å². The van der Waals surface area contributed by atoms with Gasteiger partial charge >= 0.3 is 0 Å². The van der Waals surface area contributed by atoms with E-state index in [1.54, 1.807) is 0 Å². The van der Waals surface area contributed by atoms with E-state index in [-0.39, 0.29) is 11.1 Å². The molecule has 1 heterocycles. The first-order valence-electron chi connectivity index (χ1n) is 9.66. The number of aliphatic hydroxyl groups excluding tert-OH is 1. The van der Waals surface area contributed by atoms with Crippen LogP contribution in [0.4, 0.5) is 0 Å². The number of rotatable bonds is 6. The summed E-state index contributed by atoms with van der Waals surface area (Å²) in [5.74, 6) is 0. The maximum absolute atomic E-state index is 9.55. The van der Waals surface area contributed by atoms with Crippen molar-refractivity contribution >= 4 is 18.7 Å². The van der Waals surface area contributed by atoms with Crippen molar-refractivity contribution in [3.8, 4) is 0 Å². The van der Waals surface area contributed by atoms with Gasteiger partial charge in [0.2, 0.25) is 0 Å². The molecule has 3 nitrogen and oxygen atoms in total. The number of ether oxygens (including phenoxy) is 1. The predicted octanol–water partition coefficient (Wildman–Crippen LogP) is 3.27. The Morgan fingerprint density at radius 1 is 0.963 bits per heavy atom. The van der Waals surface area contributed by atoms with Gasteiger partial charge in [0.25, 0.3) is 8.32 Å². The molecule has 0 aromatic heterocycles. The van der Waals surface area contributed by atoms with Crippen molar-refractivity contribution in [3.63, 3.8) is 0 Å². The second kappa shape index (κ2) is 8.53. The van der Waals surface area contributed by atoms with Gasteiger partial charge in [0.15, 0.2) is 0 Å². The third-order valence-corrected chi connectivity index (χ3v) is 10.2. The monoisotopic (exact) mass is 382 g/mol. The van der Waals surface area contributed by atoms with Crippen molar-refractivity contribution in [2.45, 2.75) is 44.4 Å². The lowest BCUT2D eigenvalue weighted by atomic mass is 10.2. The van der Waals surface area contributed by atoms with Crippen molar-refractivity contribution in [2.24, 2.45) is 0 Å². The van der Waals surface area contributed by atoms with Gasteiger partial charge in [-0.25, -0.2) is 0 Å². The van der Waals surface area contributed by atoms with Crippen LogP contribution in [-0.4, -0.2) is 38.8 Å². The first-order chi connectivity index (χ1) is 12.9. The molecule has 3 rings (SSSR count). The second-order valence-corrected chi connectivity index (χ2v) is 12.4. The topological polar surface area (TPSA) is 38.7 Å². The summed E-state index contributed by atoms with van der Waals surface area (Å²) in [7, 11) is -2.48. The highest BCUT2D eigenvalue weighted by atomic mass is 28.4. The zero-order valence-electron chi connectivity index (χ0n) is 16.5. The molecule has 0 saturated heterocycles. The highest BCUT2D eigenvalue weighted by Crippen LogP contribution is 2.36. The normalized spacial score (nSPS) is 20.6. The molecule has 0 spiro atoms. The highest BCUT2D eigenvalue weighted by Gasteiger charge is 2.50. The maximum atomic E-state index is 9.55. The Morgan fingerprint density at radius 3 is 1.96 bits per heavy atom. The summed E-state index contributed by atoms with van der Waals surface area (Å²) >= 11 is 0. The van der Waals surface area contributed by atoms with Crippen LogP contribution in [0.2, 0.25) is 5.04 Å². The minimum absolute atomic E-state index is 0.00613. The number of hydrogen-bond donors (Lipinski definition) is 1. The van der Waals surface area contributed by atoms with Crippen LogP contribution in [0.15, 0.2) is 72.8 Å². The van der Waals surface area contributed by atoms with E-state index in [0.717, 1.165) is 6.42 Å². The first-order valence-corrected chi connectivity index (χ1v) is 11.6. The fraction of sp³-hybridized carbons (Fsp3) is 0.391. The van der Waals surface area contributed by atoms with Crippen molar-refractivity contribution in [2.75, 3.05) is 13.2 Å². The molecule has 1 aliphatic rings. The summed E-state index contributed by atoms with van der Waals surface area (Å²) in [4.78, 5) is 0. The molecule has 0 fully saturated rings. The van der Waals surface area contributed by atoms with Crippen LogP contribution in [0.1, 0.15) is 27.2 Å². The van der Waals surface area contributed by atoms with Gasteiger partial charge in [0.1, 0.15) is 0 Å². The van der Waals surface area contributed by atoms with Crippen LogP contribution in [0.5, 0.6) is 0 Å². The molecule has 0 radical (unpaired) electrons. The number of benzene rings is 2. The van der Waals surface area contributed by atoms with Crippen LogP contribution in [0.25, 0.3) is 0 Å². The molecule has 0 saturated carbocycles. The largest absolute Gasteiger partial charge is 0.407 e. The Hall–Kier alpha value is -1.72. The van der Waals surface area contributed by atoms with Crippen LogP contribution >= 0.6 is 0 Å². The van der Waals surface area contributed by atoms with E-state index in [1.807, 2.05) is 12.2 Å². The third-order valence-electron chi connectivity index (χ3n) is 5.17. The molecule has 4 heteroatoms. The van der Waals surface area contributed by atoms with E-state index in [1.165, 1.54) is 10.4 Å². The number of aliphatic hydroxyl groups is 1. The molecule has 27 heavy (non-hydrogen) atoms. The van der Waals surface area contributed by atoms with Crippen molar-refractivity contribution in [3.05, 3.63) is 72.8 Å². The molecule has 2 atom stereocenters. The average molecular weight is 383 g/mol. The SMILES string of the molecule is CC(C)(C)[Si](OCC[C@H]1C=C[C@H](O)CO1)(c1ccccc1)c1ccccc1. The van der Waals surface area contributed by atoms with E-state index in [0.29, 0.717) is 13.2 Å². The Kier molecular flexibility index (Phi) is 6.32. The standard InChI is InChI=1S/C23H30O3Si/c1-23(2,3)27(21-10-6-4-7-11-21,22-12-8-5-9-13-22)26-17-16-20-15-14-19(24)18-25-20/h4-15,19-20,24H,16-18H2,1-3H3/t19-,20+/m0/s1. The van der Waals surface area contributed by atoms with Crippen LogP contribution < -0.4 is 10.4 Å². The average Bonchev–Trinajstić information content (AvgIpc) is 2.67. The lowest BCUT2D eigenvalue weighted by Crippen LogP contribution is -2.66. The van der Waals surface area contributed by atoms with E-state index >= 15 is 0 Å². The van der Waals surface area contributed by atoms with Gasteiger partial charge in [-0.2, -0.15) is 0 Å². The molecule has 0 amide bonds. The van der Waals surface area contributed by atoms with Crippen molar-refractivity contribution in [1.29, 1.82) is 0 Å². The molecule has 1 N–H and O–H groups in total. The van der Waals surface area contributed by atoms with E-state index in [4.69, 9.17) is 9.16 Å². The lowest BCUT2D eigenvalue weighted by Gasteiger charge is -2.43. The molecule has 0 unspecified atom stereocenters. The van der Waals surface area contributed by atoms with Crippen LogP contribution in [-0.2, 0) is 9.16 Å². The zero-order chi connectivity index (χ0) is 19.3. The minimum Gasteiger partial charge on any atom is -0.407 e. The fourth-order valence-electron chi connectivity index (χ4n) is 3.85. The second-order valence-electron chi connectivity index (χ2n) is 8.12. The van der Waals surface area contributed by atoms with Crippen LogP contribution in [0.3, 0.4) is 0 Å². The molecular weight excluding hydrogens is 352 g/mol. The van der Waals surface area contributed by atoms with Crippen molar-refractivity contribution in [1.82, 2.24) is 0 Å². The maximum Gasteiger partial charge on any atom is 0.261 e. The Labute approximate surface area is 163 Å². The molecule has 1 aliphatic heterocycles. The Bertz CT molecular complexity index is 698. The minimum atomic E-state index is -2.48. The first kappa shape index (κ1) is 20.0. The molecule has 2 aromatic rings. The summed E-state index contributed by atoms with van der Waals surface area (Å²) in [6.45, 7) is 7.84. The summed E-state index contributed by atoms with van der Waals surface area (Å²) in [6, 6.07) is 21.3. The summed E-state index contributed by atoms with van der Waals surface area (Å²) < 4.78 is 12.6. The molecule has 0 bridgehead atoms. The number of hydrogen-bond acceptors (Lipinski definition) is 3. The van der Waals surface area contributed by atoms with Gasteiger partial charge in [-0.3, -0.25) is 0 Å². The van der Waals surface area contributed by atoms with E-state index in [2.05, 4.69) is 81.4 Å². The lowest BCUT2D eigenvalue weighted by molar-refractivity contribution is 0.00661. The van der Waals surface area contributed by atoms with E-state index < -0.39 is 14.4 Å². The van der Waals surface area contributed by atoms with Gasteiger partial charge in [0.05, 0.1) is 18.8 Å². The third kappa shape index (κ3) is 4.41. The van der Waals surface area contributed by atoms with Gasteiger partial charge in [-0.1, -0.05) is 93.6 Å². The molecule has 2 aromatic carbocycles. The highest BCUT2D eigenvalue weighted by molar-refractivity contribution is 6.99. The summed E-state index contributed by atoms with van der Waals surface area (Å²) in [5.41, 5.74) is 0. The van der Waals surface area contributed by atoms with E-state index in [9.17, 15) is 5.11 Å². The van der Waals surface area contributed by atoms with Gasteiger partial charge in [0, 0.05) is 6.61 Å². The zero-order valence-corrected chi connectivity index (χ0v) is 17.5.